The number of aryl methyl sites for hydroxylation is 1. The third-order valence-corrected chi connectivity index (χ3v) is 11.3. The Morgan fingerprint density at radius 1 is 0.659 bits per heavy atom. The van der Waals surface area contributed by atoms with Gasteiger partial charge < -0.3 is 0 Å². The van der Waals surface area contributed by atoms with E-state index in [1.54, 1.807) is 5.56 Å². The quantitative estimate of drug-likeness (QED) is 0.228. The van der Waals surface area contributed by atoms with Gasteiger partial charge in [0.2, 0.25) is 0 Å². The minimum absolute atomic E-state index is 0.0224. The van der Waals surface area contributed by atoms with Crippen molar-refractivity contribution in [2.45, 2.75) is 148 Å². The topological polar surface area (TPSA) is 0 Å². The maximum atomic E-state index is 15.4. The van der Waals surface area contributed by atoms with Crippen molar-refractivity contribution in [1.82, 2.24) is 0 Å². The summed E-state index contributed by atoms with van der Waals surface area (Å²) in [6.45, 7) is 4.57. The minimum Gasteiger partial charge on any atom is -0.206 e. The van der Waals surface area contributed by atoms with Crippen LogP contribution >= 0.6 is 0 Å². The molecule has 1 atom stereocenters. The van der Waals surface area contributed by atoms with E-state index < -0.39 is 0 Å². The summed E-state index contributed by atoms with van der Waals surface area (Å²) in [5.41, 5.74) is 6.45. The molecule has 0 bridgehead atoms. The molecule has 5 rings (SSSR count). The number of halogens is 1. The van der Waals surface area contributed by atoms with Crippen LogP contribution in [0.3, 0.4) is 0 Å². The number of allylic oxidation sites excluding steroid dienone is 2. The van der Waals surface area contributed by atoms with Crippen molar-refractivity contribution in [3.05, 3.63) is 76.6 Å². The van der Waals surface area contributed by atoms with E-state index in [9.17, 15) is 0 Å². The van der Waals surface area contributed by atoms with Crippen molar-refractivity contribution in [1.29, 1.82) is 0 Å². The lowest BCUT2D eigenvalue weighted by Gasteiger charge is -2.36. The predicted octanol–water partition coefficient (Wildman–Crippen LogP) is 12.6. The molecule has 224 valence electrons. The summed E-state index contributed by atoms with van der Waals surface area (Å²) < 4.78 is 15.4. The lowest BCUT2D eigenvalue weighted by molar-refractivity contribution is 0.220. The highest BCUT2D eigenvalue weighted by Crippen LogP contribution is 2.44. The summed E-state index contributed by atoms with van der Waals surface area (Å²) in [5, 5.41) is 0. The Hall–Kier alpha value is -1.89. The zero-order valence-electron chi connectivity index (χ0n) is 26.3. The highest BCUT2D eigenvalue weighted by Gasteiger charge is 2.30. The van der Waals surface area contributed by atoms with Gasteiger partial charge in [0.15, 0.2) is 0 Å². The van der Waals surface area contributed by atoms with Gasteiger partial charge in [0.25, 0.3) is 0 Å². The molecule has 0 spiro atoms. The maximum Gasteiger partial charge on any atom is 0.130 e. The molecule has 3 aliphatic rings. The van der Waals surface area contributed by atoms with Gasteiger partial charge >= 0.3 is 0 Å². The van der Waals surface area contributed by atoms with Crippen LogP contribution in [-0.2, 0) is 6.42 Å². The van der Waals surface area contributed by atoms with Gasteiger partial charge in [0.05, 0.1) is 0 Å². The van der Waals surface area contributed by atoms with Crippen molar-refractivity contribution < 1.29 is 4.39 Å². The third kappa shape index (κ3) is 8.36. The fourth-order valence-electron chi connectivity index (χ4n) is 8.50. The van der Waals surface area contributed by atoms with Gasteiger partial charge in [-0.2, -0.15) is 0 Å². The van der Waals surface area contributed by atoms with Crippen LogP contribution in [0.1, 0.15) is 164 Å². The van der Waals surface area contributed by atoms with Crippen LogP contribution in [0.5, 0.6) is 0 Å². The first-order valence-electron chi connectivity index (χ1n) is 17.7. The fraction of sp³-hybridized carbons (Fsp3) is 0.650. The molecule has 41 heavy (non-hydrogen) atoms. The number of rotatable bonds is 12. The highest BCUT2D eigenvalue weighted by atomic mass is 19.1. The molecule has 2 aromatic carbocycles. The van der Waals surface area contributed by atoms with Crippen molar-refractivity contribution in [3.8, 4) is 0 Å². The van der Waals surface area contributed by atoms with Crippen molar-refractivity contribution in [2.75, 3.05) is 0 Å². The van der Waals surface area contributed by atoms with Gasteiger partial charge in [-0.3, -0.25) is 0 Å². The zero-order valence-corrected chi connectivity index (χ0v) is 26.3. The summed E-state index contributed by atoms with van der Waals surface area (Å²) in [5.74, 6) is 3.87. The van der Waals surface area contributed by atoms with Gasteiger partial charge in [0.1, 0.15) is 5.82 Å². The zero-order chi connectivity index (χ0) is 28.4. The van der Waals surface area contributed by atoms with Crippen LogP contribution in [0.4, 0.5) is 4.39 Å². The van der Waals surface area contributed by atoms with E-state index in [0.29, 0.717) is 5.92 Å². The molecule has 3 aliphatic carbocycles. The summed E-state index contributed by atoms with van der Waals surface area (Å²) in [7, 11) is 0. The molecular weight excluding hydrogens is 499 g/mol. The Morgan fingerprint density at radius 2 is 1.32 bits per heavy atom. The highest BCUT2D eigenvalue weighted by molar-refractivity contribution is 5.67. The second kappa shape index (κ2) is 15.5. The van der Waals surface area contributed by atoms with Gasteiger partial charge in [-0.25, -0.2) is 4.39 Å². The average Bonchev–Trinajstić information content (AvgIpc) is 3.02. The van der Waals surface area contributed by atoms with E-state index in [0.717, 1.165) is 42.1 Å². The SMILES string of the molecule is CCCCCc1ccc(C2CCC(C3CC=C(c4ccc(C5CCC(CCCCC)CC5)cc4F)CC3)CC2)cc1. The first-order valence-corrected chi connectivity index (χ1v) is 17.7. The molecule has 2 aromatic rings. The summed E-state index contributed by atoms with van der Waals surface area (Å²) in [6, 6.07) is 15.9. The number of hydrogen-bond donors (Lipinski definition) is 0. The normalized spacial score (nSPS) is 27.0. The average molecular weight is 557 g/mol. The van der Waals surface area contributed by atoms with Gasteiger partial charge in [-0.1, -0.05) is 94.8 Å². The third-order valence-electron chi connectivity index (χ3n) is 11.3. The molecule has 0 radical (unpaired) electrons. The van der Waals surface area contributed by atoms with Gasteiger partial charge in [-0.05, 0) is 141 Å². The monoisotopic (exact) mass is 556 g/mol. The Bertz CT molecular complexity index is 1080. The van der Waals surface area contributed by atoms with Gasteiger partial charge in [-0.15, -0.1) is 0 Å². The molecule has 2 saturated carbocycles. The molecule has 2 fully saturated rings. The molecule has 0 heterocycles. The van der Waals surface area contributed by atoms with E-state index in [-0.39, 0.29) is 5.82 Å². The fourth-order valence-corrected chi connectivity index (χ4v) is 8.50. The van der Waals surface area contributed by atoms with Crippen LogP contribution in [0.15, 0.2) is 48.5 Å². The van der Waals surface area contributed by atoms with E-state index in [4.69, 9.17) is 0 Å². The molecule has 0 aliphatic heterocycles. The van der Waals surface area contributed by atoms with Crippen LogP contribution in [0, 0.1) is 23.6 Å². The largest absolute Gasteiger partial charge is 0.206 e. The molecular formula is C40H57F. The van der Waals surface area contributed by atoms with Crippen molar-refractivity contribution >= 4 is 5.57 Å². The summed E-state index contributed by atoms with van der Waals surface area (Å²) in [4.78, 5) is 0. The van der Waals surface area contributed by atoms with Crippen molar-refractivity contribution in [2.24, 2.45) is 17.8 Å². The lowest BCUT2D eigenvalue weighted by Crippen LogP contribution is -2.22. The van der Waals surface area contributed by atoms with Crippen LogP contribution < -0.4 is 0 Å². The Labute approximate surface area is 251 Å². The summed E-state index contributed by atoms with van der Waals surface area (Å²) in [6.07, 6.45) is 27.0. The number of benzene rings is 2. The van der Waals surface area contributed by atoms with E-state index in [1.165, 1.54) is 126 Å². The molecule has 0 saturated heterocycles. The second-order valence-electron chi connectivity index (χ2n) is 14.0. The molecule has 1 heteroatoms. The smallest absolute Gasteiger partial charge is 0.130 e. The maximum absolute atomic E-state index is 15.4. The first kappa shape index (κ1) is 30.6. The Morgan fingerprint density at radius 3 is 1.98 bits per heavy atom. The lowest BCUT2D eigenvalue weighted by atomic mass is 9.70. The van der Waals surface area contributed by atoms with E-state index in [1.807, 2.05) is 6.07 Å². The molecule has 0 amide bonds. The summed E-state index contributed by atoms with van der Waals surface area (Å²) >= 11 is 0. The minimum atomic E-state index is 0.0224. The van der Waals surface area contributed by atoms with Crippen LogP contribution in [0.2, 0.25) is 0 Å². The van der Waals surface area contributed by atoms with Crippen LogP contribution in [0.25, 0.3) is 5.57 Å². The molecule has 1 unspecified atom stereocenters. The second-order valence-corrected chi connectivity index (χ2v) is 14.0. The number of unbranched alkanes of at least 4 members (excludes halogenated alkanes) is 4. The van der Waals surface area contributed by atoms with E-state index in [2.05, 4.69) is 56.3 Å². The standard InChI is InChI=1S/C40H57F/c1-3-5-7-9-30-11-15-32(16-12-30)33-19-21-34(22-20-33)35-23-25-37(26-24-35)39-28-27-38(29-40(39)41)36-17-13-31(14-18-36)10-8-6-4-2/h11-12,15-16,25,27-29,31,33-36H,3-10,13-14,17-24,26H2,1-2H3. The molecule has 0 aromatic heterocycles. The Balaban J connectivity index is 1.08. The molecule has 0 nitrogen and oxygen atoms in total. The van der Waals surface area contributed by atoms with E-state index >= 15 is 4.39 Å². The van der Waals surface area contributed by atoms with Crippen molar-refractivity contribution in [3.63, 3.8) is 0 Å². The Kier molecular flexibility index (Phi) is 11.6. The van der Waals surface area contributed by atoms with Crippen LogP contribution in [-0.4, -0.2) is 0 Å². The molecule has 0 N–H and O–H groups in total. The predicted molar refractivity (Wildman–Crippen MR) is 175 cm³/mol. The number of hydrogen-bond acceptors (Lipinski definition) is 0. The van der Waals surface area contributed by atoms with Gasteiger partial charge in [0, 0.05) is 5.56 Å². The first-order chi connectivity index (χ1) is 20.1.